The molecule has 0 spiro atoms. The number of hydrogen-bond acceptors (Lipinski definition) is 5. The minimum Gasteiger partial charge on any atom is -0.870 e. The second kappa shape index (κ2) is 119. The molecule has 0 aromatic rings. The van der Waals surface area contributed by atoms with Crippen LogP contribution in [-0.4, -0.2) is 44.7 Å². The molecule has 0 aliphatic carbocycles. The van der Waals surface area contributed by atoms with Gasteiger partial charge in [-0.15, -0.1) is 0 Å². The van der Waals surface area contributed by atoms with E-state index < -0.39 is 0 Å². The predicted molar refractivity (Wildman–Crippen MR) is 15.4 cm³/mol. The summed E-state index contributed by atoms with van der Waals surface area (Å²) in [5.41, 5.74) is 0. The van der Waals surface area contributed by atoms with Gasteiger partial charge in [-0.25, -0.2) is 0 Å². The van der Waals surface area contributed by atoms with Crippen LogP contribution in [0.15, 0.2) is 0 Å². The van der Waals surface area contributed by atoms with Crippen molar-refractivity contribution >= 4 is 17.4 Å². The van der Waals surface area contributed by atoms with Crippen LogP contribution in [-0.2, 0) is 0 Å². The van der Waals surface area contributed by atoms with Gasteiger partial charge in [0.1, 0.15) is 0 Å². The molecule has 0 heterocycles. The SMILES string of the molecule is [Al+3].[Na+].[Na+].[OH-].[OH-].[OH-].[OH-].[OH-]. The van der Waals surface area contributed by atoms with Crippen LogP contribution >= 0.6 is 0 Å². The van der Waals surface area contributed by atoms with Crippen LogP contribution < -0.4 is 59.1 Å². The van der Waals surface area contributed by atoms with Crippen LogP contribution in [0.3, 0.4) is 0 Å². The van der Waals surface area contributed by atoms with Crippen molar-refractivity contribution in [3.05, 3.63) is 0 Å². The molecule has 5 N–H and O–H groups in total. The molecule has 0 amide bonds. The normalized spacial score (nSPS) is 0. The third-order valence-electron chi connectivity index (χ3n) is 0. The maximum Gasteiger partial charge on any atom is 3.00 e. The smallest absolute Gasteiger partial charge is 0.870 e. The van der Waals surface area contributed by atoms with Crippen molar-refractivity contribution in [1.29, 1.82) is 0 Å². The third kappa shape index (κ3) is 82.3. The fraction of sp³-hybridized carbons (Fsp3) is 0. The summed E-state index contributed by atoms with van der Waals surface area (Å²) in [4.78, 5) is 0. The summed E-state index contributed by atoms with van der Waals surface area (Å²) in [5.74, 6) is 0. The summed E-state index contributed by atoms with van der Waals surface area (Å²) in [5, 5.41) is 0. The van der Waals surface area contributed by atoms with Gasteiger partial charge in [-0.3, -0.25) is 0 Å². The van der Waals surface area contributed by atoms with Crippen LogP contribution in [0.4, 0.5) is 0 Å². The van der Waals surface area contributed by atoms with Gasteiger partial charge in [0, 0.05) is 0 Å². The van der Waals surface area contributed by atoms with Crippen molar-refractivity contribution in [2.75, 3.05) is 0 Å². The van der Waals surface area contributed by atoms with E-state index in [0.29, 0.717) is 0 Å². The predicted octanol–water partition coefficient (Wildman–Crippen LogP) is -7.26. The summed E-state index contributed by atoms with van der Waals surface area (Å²) in [7, 11) is 0. The first kappa shape index (κ1) is 165. The fourth-order valence-corrected chi connectivity index (χ4v) is 0. The van der Waals surface area contributed by atoms with E-state index in [1.807, 2.05) is 0 Å². The Bertz CT molecular complexity index is 10.4. The Labute approximate surface area is 102 Å². The quantitative estimate of drug-likeness (QED) is 0.320. The van der Waals surface area contributed by atoms with Gasteiger partial charge >= 0.3 is 76.5 Å². The molecule has 8 heteroatoms. The Balaban J connectivity index is 0. The van der Waals surface area contributed by atoms with Crippen LogP contribution in [0.1, 0.15) is 0 Å². The van der Waals surface area contributed by atoms with Crippen molar-refractivity contribution in [3.63, 3.8) is 0 Å². The largest absolute Gasteiger partial charge is 3.00 e. The average molecular weight is 158 g/mol. The van der Waals surface area contributed by atoms with E-state index in [9.17, 15) is 0 Å². The monoisotopic (exact) mass is 158 g/mol. The molecule has 0 aromatic heterocycles. The first-order chi connectivity index (χ1) is 0. The second-order valence-electron chi connectivity index (χ2n) is 0. The molecule has 0 aromatic carbocycles. The van der Waals surface area contributed by atoms with Crippen molar-refractivity contribution in [2.45, 2.75) is 0 Å². The maximum absolute atomic E-state index is 0. The van der Waals surface area contributed by atoms with E-state index >= 15 is 0 Å². The van der Waals surface area contributed by atoms with Gasteiger partial charge in [-0.2, -0.15) is 0 Å². The van der Waals surface area contributed by atoms with Crippen LogP contribution in [0.25, 0.3) is 0 Å². The first-order valence-corrected chi connectivity index (χ1v) is 0. The Morgan fingerprint density at radius 1 is 0.375 bits per heavy atom. The van der Waals surface area contributed by atoms with E-state index in [4.69, 9.17) is 0 Å². The zero-order valence-corrected chi connectivity index (χ0v) is 9.97. The summed E-state index contributed by atoms with van der Waals surface area (Å²) in [6.07, 6.45) is 0. The molecule has 0 radical (unpaired) electrons. The number of hydrogen-bond donors (Lipinski definition) is 0. The van der Waals surface area contributed by atoms with E-state index in [1.54, 1.807) is 0 Å². The molecule has 0 atom stereocenters. The summed E-state index contributed by atoms with van der Waals surface area (Å²) >= 11 is 0. The average Bonchev–Trinajstić information content (AvgIpc) is 0. The van der Waals surface area contributed by atoms with Crippen LogP contribution in [0.5, 0.6) is 0 Å². The molecule has 5 nitrogen and oxygen atoms in total. The Morgan fingerprint density at radius 2 is 0.375 bits per heavy atom. The summed E-state index contributed by atoms with van der Waals surface area (Å²) in [6, 6.07) is 0. The third-order valence-corrected chi connectivity index (χ3v) is 0. The van der Waals surface area contributed by atoms with Crippen molar-refractivity contribution in [1.82, 2.24) is 0 Å². The molecule has 0 unspecified atom stereocenters. The molecule has 40 valence electrons. The van der Waals surface area contributed by atoms with Gasteiger partial charge in [-0.1, -0.05) is 0 Å². The van der Waals surface area contributed by atoms with Gasteiger partial charge in [0.2, 0.25) is 0 Å². The van der Waals surface area contributed by atoms with E-state index in [2.05, 4.69) is 0 Å². The van der Waals surface area contributed by atoms with Crippen LogP contribution in [0.2, 0.25) is 0 Å². The van der Waals surface area contributed by atoms with Gasteiger partial charge in [-0.05, 0) is 0 Å². The van der Waals surface area contributed by atoms with E-state index in [-0.39, 0.29) is 104 Å². The first-order valence-electron chi connectivity index (χ1n) is 0. The molecule has 0 aliphatic heterocycles. The van der Waals surface area contributed by atoms with E-state index in [0.717, 1.165) is 0 Å². The Hall–Kier alpha value is 2.33. The van der Waals surface area contributed by atoms with Gasteiger partial charge < -0.3 is 27.4 Å². The van der Waals surface area contributed by atoms with Gasteiger partial charge in [0.25, 0.3) is 0 Å². The minimum absolute atomic E-state index is 0. The molecule has 0 aliphatic rings. The Morgan fingerprint density at radius 3 is 0.375 bits per heavy atom. The van der Waals surface area contributed by atoms with Gasteiger partial charge in [0.05, 0.1) is 0 Å². The molecule has 0 saturated heterocycles. The maximum atomic E-state index is 0. The van der Waals surface area contributed by atoms with Crippen LogP contribution in [0, 0.1) is 0 Å². The Kier molecular flexibility index (Phi) is 2460. The number of rotatable bonds is 0. The summed E-state index contributed by atoms with van der Waals surface area (Å²) in [6.45, 7) is 0. The molecular weight excluding hydrogens is 153 g/mol. The standard InChI is InChI=1S/Al.2Na.5H2O/h;;;5*1H2/q+3;2*+1;;;;;/p-5. The molecule has 0 saturated carbocycles. The molecule has 8 heavy (non-hydrogen) atoms. The minimum atomic E-state index is 0. The molecule has 0 fully saturated rings. The molecular formula is H5AlNa2O5. The second-order valence-corrected chi connectivity index (χ2v) is 0. The fourth-order valence-electron chi connectivity index (χ4n) is 0. The zero-order chi connectivity index (χ0) is 0. The van der Waals surface area contributed by atoms with E-state index in [1.165, 1.54) is 0 Å². The van der Waals surface area contributed by atoms with Crippen molar-refractivity contribution < 1.29 is 86.5 Å². The van der Waals surface area contributed by atoms with Crippen molar-refractivity contribution in [2.24, 2.45) is 0 Å². The summed E-state index contributed by atoms with van der Waals surface area (Å²) < 4.78 is 0. The van der Waals surface area contributed by atoms with Gasteiger partial charge in [0.15, 0.2) is 0 Å². The zero-order valence-electron chi connectivity index (χ0n) is 4.81. The van der Waals surface area contributed by atoms with Crippen molar-refractivity contribution in [3.8, 4) is 0 Å². The molecule has 0 bridgehead atoms. The molecule has 0 rings (SSSR count). The topological polar surface area (TPSA) is 150 Å².